The molecule has 0 radical (unpaired) electrons. The van der Waals surface area contributed by atoms with Gasteiger partial charge in [0.25, 0.3) is 0 Å². The van der Waals surface area contributed by atoms with Crippen LogP contribution in [0.15, 0.2) is 30.3 Å². The van der Waals surface area contributed by atoms with Gasteiger partial charge in [-0.15, -0.1) is 0 Å². The van der Waals surface area contributed by atoms with Crippen molar-refractivity contribution in [3.63, 3.8) is 0 Å². The minimum absolute atomic E-state index is 0.289. The molecule has 0 aliphatic carbocycles. The van der Waals surface area contributed by atoms with Crippen LogP contribution in [0.1, 0.15) is 29.3 Å². The van der Waals surface area contributed by atoms with Gasteiger partial charge in [-0.25, -0.2) is 4.79 Å². The average Bonchev–Trinajstić information content (AvgIpc) is 2.46. The number of nitrogens with one attached hydrogen (secondary N) is 1. The first-order valence-electron chi connectivity index (χ1n) is 6.78. The van der Waals surface area contributed by atoms with Gasteiger partial charge in [0.05, 0.1) is 12.7 Å². The van der Waals surface area contributed by atoms with E-state index in [9.17, 15) is 4.79 Å². The molecule has 1 heterocycles. The molecule has 3 heteroatoms. The third-order valence-corrected chi connectivity index (χ3v) is 3.72. The van der Waals surface area contributed by atoms with Gasteiger partial charge in [0.1, 0.15) is 0 Å². The van der Waals surface area contributed by atoms with Crippen molar-refractivity contribution in [1.29, 1.82) is 0 Å². The minimum Gasteiger partial charge on any atom is -0.465 e. The number of carbonyl (C=O) groups excluding carboxylic acids is 1. The molecule has 3 nitrogen and oxygen atoms in total. The van der Waals surface area contributed by atoms with E-state index < -0.39 is 0 Å². The highest BCUT2D eigenvalue weighted by molar-refractivity contribution is 5.89. The highest BCUT2D eigenvalue weighted by atomic mass is 16.5. The van der Waals surface area contributed by atoms with E-state index >= 15 is 0 Å². The van der Waals surface area contributed by atoms with E-state index in [2.05, 4.69) is 29.1 Å². The van der Waals surface area contributed by atoms with Gasteiger partial charge in [-0.1, -0.05) is 31.2 Å². The highest BCUT2D eigenvalue weighted by Gasteiger charge is 2.17. The van der Waals surface area contributed by atoms with E-state index in [-0.39, 0.29) is 5.97 Å². The normalized spacial score (nSPS) is 23.5. The number of hydrogen-bond acceptors (Lipinski definition) is 3. The van der Waals surface area contributed by atoms with Crippen LogP contribution in [0.5, 0.6) is 0 Å². The van der Waals surface area contributed by atoms with E-state index in [0.29, 0.717) is 17.4 Å². The Balaban J connectivity index is 2.00. The molecular weight excluding hydrogens is 238 g/mol. The molecule has 0 bridgehead atoms. The maximum Gasteiger partial charge on any atom is 0.337 e. The Labute approximate surface area is 114 Å². The lowest BCUT2D eigenvalue weighted by atomic mass is 9.87. The van der Waals surface area contributed by atoms with Gasteiger partial charge in [0.2, 0.25) is 0 Å². The average molecular weight is 259 g/mol. The van der Waals surface area contributed by atoms with Crippen molar-refractivity contribution < 1.29 is 9.53 Å². The van der Waals surface area contributed by atoms with Gasteiger partial charge in [-0.2, -0.15) is 0 Å². The van der Waals surface area contributed by atoms with E-state index in [0.717, 1.165) is 18.7 Å². The number of rotatable bonds is 3. The van der Waals surface area contributed by atoms with Crippen LogP contribution in [0.3, 0.4) is 0 Å². The predicted octanol–water partition coefficient (Wildman–Crippen LogP) is 2.73. The lowest BCUT2D eigenvalue weighted by Gasteiger charge is -2.26. The summed E-state index contributed by atoms with van der Waals surface area (Å²) in [5, 5.41) is 3.40. The van der Waals surface area contributed by atoms with Crippen molar-refractivity contribution in [2.24, 2.45) is 11.8 Å². The fourth-order valence-electron chi connectivity index (χ4n) is 2.40. The Morgan fingerprint density at radius 1 is 1.37 bits per heavy atom. The molecule has 0 spiro atoms. The van der Waals surface area contributed by atoms with Gasteiger partial charge < -0.3 is 10.1 Å². The first kappa shape index (κ1) is 13.8. The quantitative estimate of drug-likeness (QED) is 0.848. The smallest absolute Gasteiger partial charge is 0.337 e. The van der Waals surface area contributed by atoms with Gasteiger partial charge >= 0.3 is 5.97 Å². The maximum atomic E-state index is 11.3. The van der Waals surface area contributed by atoms with Crippen molar-refractivity contribution in [2.45, 2.75) is 13.3 Å². The maximum absolute atomic E-state index is 11.3. The molecule has 2 rings (SSSR count). The summed E-state index contributed by atoms with van der Waals surface area (Å²) in [6.45, 7) is 4.47. The Morgan fingerprint density at radius 2 is 2.11 bits per heavy atom. The fourth-order valence-corrected chi connectivity index (χ4v) is 2.40. The Bertz CT molecular complexity index is 450. The molecule has 0 amide bonds. The van der Waals surface area contributed by atoms with Crippen molar-refractivity contribution in [2.75, 3.05) is 20.2 Å². The van der Waals surface area contributed by atoms with E-state index in [4.69, 9.17) is 0 Å². The number of esters is 1. The summed E-state index contributed by atoms with van der Waals surface area (Å²) < 4.78 is 4.68. The first-order valence-corrected chi connectivity index (χ1v) is 6.78. The second-order valence-corrected chi connectivity index (χ2v) is 5.11. The Morgan fingerprint density at radius 3 is 2.74 bits per heavy atom. The number of hydrogen-bond donors (Lipinski definition) is 1. The molecular formula is C16H21NO2. The zero-order valence-corrected chi connectivity index (χ0v) is 11.6. The van der Waals surface area contributed by atoms with Crippen LogP contribution in [0.2, 0.25) is 0 Å². The van der Waals surface area contributed by atoms with Crippen molar-refractivity contribution in [3.8, 4) is 0 Å². The minimum atomic E-state index is -0.289. The molecule has 0 saturated carbocycles. The van der Waals surface area contributed by atoms with E-state index in [1.54, 1.807) is 12.1 Å². The SMILES string of the molecule is COC(=O)c1ccc(/C=C\C2CCNCC2C)cc1. The lowest BCUT2D eigenvalue weighted by molar-refractivity contribution is 0.0601. The van der Waals surface area contributed by atoms with Gasteiger partial charge in [0, 0.05) is 0 Å². The molecule has 1 aliphatic heterocycles. The summed E-state index contributed by atoms with van der Waals surface area (Å²) in [7, 11) is 1.40. The Hall–Kier alpha value is -1.61. The van der Waals surface area contributed by atoms with Crippen LogP contribution in [-0.4, -0.2) is 26.2 Å². The summed E-state index contributed by atoms with van der Waals surface area (Å²) in [4.78, 5) is 11.3. The summed E-state index contributed by atoms with van der Waals surface area (Å²) in [5.41, 5.74) is 1.72. The molecule has 0 aromatic heterocycles. The molecule has 102 valence electrons. The van der Waals surface area contributed by atoms with Gasteiger partial charge in [0.15, 0.2) is 0 Å². The largest absolute Gasteiger partial charge is 0.465 e. The molecule has 2 unspecified atom stereocenters. The number of allylic oxidation sites excluding steroid dienone is 1. The number of ether oxygens (including phenoxy) is 1. The molecule has 1 aromatic rings. The fraction of sp³-hybridized carbons (Fsp3) is 0.438. The molecule has 2 atom stereocenters. The Kier molecular flexibility index (Phi) is 4.74. The van der Waals surface area contributed by atoms with Crippen molar-refractivity contribution >= 4 is 12.0 Å². The molecule has 1 N–H and O–H groups in total. The van der Waals surface area contributed by atoms with Gasteiger partial charge in [-0.05, 0) is 49.0 Å². The first-order chi connectivity index (χ1) is 9.20. The molecule has 1 fully saturated rings. The molecule has 19 heavy (non-hydrogen) atoms. The second kappa shape index (κ2) is 6.53. The summed E-state index contributed by atoms with van der Waals surface area (Å²) in [6, 6.07) is 7.51. The second-order valence-electron chi connectivity index (χ2n) is 5.11. The lowest BCUT2D eigenvalue weighted by Crippen LogP contribution is -2.34. The monoisotopic (exact) mass is 259 g/mol. The summed E-state index contributed by atoms with van der Waals surface area (Å²) in [5.74, 6) is 1.03. The summed E-state index contributed by atoms with van der Waals surface area (Å²) >= 11 is 0. The van der Waals surface area contributed by atoms with Crippen LogP contribution in [-0.2, 0) is 4.74 Å². The predicted molar refractivity (Wildman–Crippen MR) is 77.0 cm³/mol. The standard InChI is InChI=1S/C16H21NO2/c1-12-11-17-10-9-14(12)6-3-13-4-7-15(8-5-13)16(18)19-2/h3-8,12,14,17H,9-11H2,1-2H3/b6-3-. The number of carbonyl (C=O) groups is 1. The van der Waals surface area contributed by atoms with Crippen LogP contribution in [0.25, 0.3) is 6.08 Å². The zero-order valence-electron chi connectivity index (χ0n) is 11.6. The highest BCUT2D eigenvalue weighted by Crippen LogP contribution is 2.21. The van der Waals surface area contributed by atoms with E-state index in [1.807, 2.05) is 12.1 Å². The van der Waals surface area contributed by atoms with Crippen molar-refractivity contribution in [1.82, 2.24) is 5.32 Å². The van der Waals surface area contributed by atoms with E-state index in [1.165, 1.54) is 13.5 Å². The molecule has 1 aliphatic rings. The number of methoxy groups -OCH3 is 1. The topological polar surface area (TPSA) is 38.3 Å². The third kappa shape index (κ3) is 3.67. The van der Waals surface area contributed by atoms with Gasteiger partial charge in [-0.3, -0.25) is 0 Å². The van der Waals surface area contributed by atoms with Crippen LogP contribution in [0.4, 0.5) is 0 Å². The van der Waals surface area contributed by atoms with Crippen LogP contribution < -0.4 is 5.32 Å². The third-order valence-electron chi connectivity index (χ3n) is 3.72. The van der Waals surface area contributed by atoms with Crippen LogP contribution in [0, 0.1) is 11.8 Å². The number of piperidine rings is 1. The van der Waals surface area contributed by atoms with Crippen molar-refractivity contribution in [3.05, 3.63) is 41.5 Å². The van der Waals surface area contributed by atoms with Crippen LogP contribution >= 0.6 is 0 Å². The molecule has 1 saturated heterocycles. The summed E-state index contributed by atoms with van der Waals surface area (Å²) in [6.07, 6.45) is 5.63. The number of benzene rings is 1. The molecule has 1 aromatic carbocycles. The zero-order chi connectivity index (χ0) is 13.7.